The number of carbonyl (C=O) groups is 1. The van der Waals surface area contributed by atoms with Gasteiger partial charge in [-0.3, -0.25) is 4.68 Å². The first-order valence-electron chi connectivity index (χ1n) is 6.30. The van der Waals surface area contributed by atoms with Crippen LogP contribution in [0, 0.1) is 13.8 Å². The lowest BCUT2D eigenvalue weighted by molar-refractivity contribution is 0.0681. The summed E-state index contributed by atoms with van der Waals surface area (Å²) >= 11 is 0. The molecule has 0 saturated heterocycles. The molecule has 0 spiro atoms. The minimum atomic E-state index is -0.947. The Morgan fingerprint density at radius 3 is 2.42 bits per heavy atom. The van der Waals surface area contributed by atoms with E-state index in [0.717, 1.165) is 11.1 Å². The Bertz CT molecular complexity index is 627. The highest BCUT2D eigenvalue weighted by Gasteiger charge is 2.17. The minimum Gasteiger partial charge on any atom is -0.477 e. The molecule has 0 aliphatic heterocycles. The molecule has 1 N–H and O–H groups in total. The van der Waals surface area contributed by atoms with Gasteiger partial charge in [0.2, 0.25) is 0 Å². The van der Waals surface area contributed by atoms with Crippen molar-refractivity contribution in [2.24, 2.45) is 0 Å². The maximum absolute atomic E-state index is 11.2. The molecular formula is C15H18N2O2. The molecule has 2 rings (SSSR count). The van der Waals surface area contributed by atoms with E-state index in [9.17, 15) is 9.90 Å². The third-order valence-corrected chi connectivity index (χ3v) is 3.10. The molecule has 0 amide bonds. The normalized spacial score (nSPS) is 11.0. The van der Waals surface area contributed by atoms with E-state index in [-0.39, 0.29) is 11.7 Å². The summed E-state index contributed by atoms with van der Waals surface area (Å²) in [6.45, 7) is 7.89. The van der Waals surface area contributed by atoms with Crippen molar-refractivity contribution in [3.8, 4) is 11.3 Å². The van der Waals surface area contributed by atoms with Gasteiger partial charge in [0.1, 0.15) is 5.69 Å². The largest absolute Gasteiger partial charge is 0.477 e. The van der Waals surface area contributed by atoms with E-state index in [0.29, 0.717) is 5.69 Å². The fraction of sp³-hybridized carbons (Fsp3) is 0.333. The molecule has 19 heavy (non-hydrogen) atoms. The Balaban J connectivity index is 2.57. The number of carboxylic acids is 1. The van der Waals surface area contributed by atoms with E-state index >= 15 is 0 Å². The summed E-state index contributed by atoms with van der Waals surface area (Å²) in [6, 6.07) is 7.73. The number of hydrogen-bond donors (Lipinski definition) is 1. The van der Waals surface area contributed by atoms with Crippen LogP contribution >= 0.6 is 0 Å². The molecule has 1 heterocycles. The number of aryl methyl sites for hydroxylation is 2. The molecule has 0 atom stereocenters. The molecule has 4 heteroatoms. The first kappa shape index (κ1) is 13.3. The summed E-state index contributed by atoms with van der Waals surface area (Å²) in [5.74, 6) is -0.947. The van der Waals surface area contributed by atoms with Crippen LogP contribution in [-0.2, 0) is 0 Å². The minimum absolute atomic E-state index is 0.0191. The number of nitrogens with zero attached hydrogens (tertiary/aromatic N) is 2. The fourth-order valence-electron chi connectivity index (χ4n) is 2.18. The van der Waals surface area contributed by atoms with Crippen LogP contribution in [0.3, 0.4) is 0 Å². The monoisotopic (exact) mass is 258 g/mol. The van der Waals surface area contributed by atoms with Crippen LogP contribution in [0.2, 0.25) is 0 Å². The van der Waals surface area contributed by atoms with E-state index in [1.165, 1.54) is 5.56 Å². The van der Waals surface area contributed by atoms with Crippen molar-refractivity contribution < 1.29 is 9.90 Å². The van der Waals surface area contributed by atoms with Gasteiger partial charge in [-0.2, -0.15) is 5.10 Å². The highest BCUT2D eigenvalue weighted by molar-refractivity contribution is 5.87. The third-order valence-electron chi connectivity index (χ3n) is 3.10. The van der Waals surface area contributed by atoms with Gasteiger partial charge >= 0.3 is 5.97 Å². The van der Waals surface area contributed by atoms with Crippen molar-refractivity contribution >= 4 is 5.97 Å². The quantitative estimate of drug-likeness (QED) is 0.917. The third kappa shape index (κ3) is 2.52. The molecule has 0 aliphatic carbocycles. The summed E-state index contributed by atoms with van der Waals surface area (Å²) in [5, 5.41) is 13.7. The molecule has 0 fully saturated rings. The van der Waals surface area contributed by atoms with Crippen LogP contribution in [-0.4, -0.2) is 20.9 Å². The van der Waals surface area contributed by atoms with Gasteiger partial charge < -0.3 is 5.11 Å². The zero-order valence-corrected chi connectivity index (χ0v) is 11.6. The summed E-state index contributed by atoms with van der Waals surface area (Å²) in [6.07, 6.45) is 0. The highest BCUT2D eigenvalue weighted by atomic mass is 16.4. The number of aromatic carboxylic acids is 1. The van der Waals surface area contributed by atoms with E-state index < -0.39 is 5.97 Å². The van der Waals surface area contributed by atoms with Crippen LogP contribution in [0.5, 0.6) is 0 Å². The zero-order valence-electron chi connectivity index (χ0n) is 11.6. The first-order chi connectivity index (χ1) is 8.90. The molecule has 0 aliphatic rings. The van der Waals surface area contributed by atoms with Crippen LogP contribution in [0.25, 0.3) is 11.3 Å². The van der Waals surface area contributed by atoms with E-state index in [2.05, 4.69) is 11.2 Å². The highest BCUT2D eigenvalue weighted by Crippen LogP contribution is 2.25. The Hall–Kier alpha value is -2.10. The molecule has 1 aromatic carbocycles. The topological polar surface area (TPSA) is 55.1 Å². The summed E-state index contributed by atoms with van der Waals surface area (Å²) in [4.78, 5) is 11.2. The lowest BCUT2D eigenvalue weighted by atomic mass is 10.0. The van der Waals surface area contributed by atoms with Crippen LogP contribution < -0.4 is 0 Å². The molecule has 4 nitrogen and oxygen atoms in total. The average molecular weight is 258 g/mol. The lowest BCUT2D eigenvalue weighted by Gasteiger charge is -2.07. The maximum atomic E-state index is 11.2. The van der Waals surface area contributed by atoms with Gasteiger partial charge in [0, 0.05) is 11.6 Å². The van der Waals surface area contributed by atoms with E-state index in [1.54, 1.807) is 10.7 Å². The fourth-order valence-corrected chi connectivity index (χ4v) is 2.18. The Morgan fingerprint density at radius 1 is 1.26 bits per heavy atom. The molecule has 100 valence electrons. The van der Waals surface area contributed by atoms with E-state index in [4.69, 9.17) is 0 Å². The molecule has 0 saturated carbocycles. The van der Waals surface area contributed by atoms with Crippen molar-refractivity contribution in [2.75, 3.05) is 0 Å². The first-order valence-corrected chi connectivity index (χ1v) is 6.30. The molecule has 0 bridgehead atoms. The van der Waals surface area contributed by atoms with Gasteiger partial charge in [-0.1, -0.05) is 23.8 Å². The molecule has 0 radical (unpaired) electrons. The van der Waals surface area contributed by atoms with Crippen molar-refractivity contribution in [3.63, 3.8) is 0 Å². The van der Waals surface area contributed by atoms with Crippen molar-refractivity contribution in [1.29, 1.82) is 0 Å². The Labute approximate surface area is 112 Å². The van der Waals surface area contributed by atoms with E-state index in [1.807, 2.05) is 39.8 Å². The lowest BCUT2D eigenvalue weighted by Crippen LogP contribution is -2.11. The molecule has 2 aromatic rings. The average Bonchev–Trinajstić information content (AvgIpc) is 2.73. The van der Waals surface area contributed by atoms with Crippen molar-refractivity contribution in [3.05, 3.63) is 41.1 Å². The molecular weight excluding hydrogens is 240 g/mol. The van der Waals surface area contributed by atoms with Gasteiger partial charge in [-0.05, 0) is 39.3 Å². The van der Waals surface area contributed by atoms with Crippen molar-refractivity contribution in [2.45, 2.75) is 33.7 Å². The predicted octanol–water partition coefficient (Wildman–Crippen LogP) is 3.45. The number of aromatic nitrogens is 2. The van der Waals surface area contributed by atoms with Gasteiger partial charge in [0.15, 0.2) is 0 Å². The maximum Gasteiger partial charge on any atom is 0.354 e. The number of benzene rings is 1. The number of hydrogen-bond acceptors (Lipinski definition) is 2. The van der Waals surface area contributed by atoms with Crippen LogP contribution in [0.1, 0.15) is 41.5 Å². The molecule has 1 aromatic heterocycles. The van der Waals surface area contributed by atoms with Gasteiger partial charge in [-0.15, -0.1) is 0 Å². The zero-order chi connectivity index (χ0) is 14.2. The smallest absolute Gasteiger partial charge is 0.354 e. The Morgan fingerprint density at radius 2 is 1.95 bits per heavy atom. The SMILES string of the molecule is Cc1ccc(-c2cc(C(=O)O)n(C(C)C)n2)c(C)c1. The second kappa shape index (κ2) is 4.88. The second-order valence-electron chi connectivity index (χ2n) is 5.08. The van der Waals surface area contributed by atoms with Gasteiger partial charge in [0.25, 0.3) is 0 Å². The van der Waals surface area contributed by atoms with Crippen LogP contribution in [0.15, 0.2) is 24.3 Å². The van der Waals surface area contributed by atoms with Crippen molar-refractivity contribution in [1.82, 2.24) is 9.78 Å². The standard InChI is InChI=1S/C15H18N2O2/c1-9(2)17-14(15(18)19)8-13(16-17)12-6-5-10(3)7-11(12)4/h5-9H,1-4H3,(H,18,19). The Kier molecular flexibility index (Phi) is 3.42. The molecule has 0 unspecified atom stereocenters. The second-order valence-corrected chi connectivity index (χ2v) is 5.08. The van der Waals surface area contributed by atoms with Crippen LogP contribution in [0.4, 0.5) is 0 Å². The summed E-state index contributed by atoms with van der Waals surface area (Å²) in [7, 11) is 0. The number of rotatable bonds is 3. The number of carboxylic acid groups (broad SMARTS) is 1. The predicted molar refractivity (Wildman–Crippen MR) is 74.5 cm³/mol. The summed E-state index contributed by atoms with van der Waals surface area (Å²) in [5.41, 5.74) is 4.20. The summed E-state index contributed by atoms with van der Waals surface area (Å²) < 4.78 is 1.55. The van der Waals surface area contributed by atoms with Gasteiger partial charge in [-0.25, -0.2) is 4.79 Å². The van der Waals surface area contributed by atoms with Gasteiger partial charge in [0.05, 0.1) is 5.69 Å².